The molecular formula is C26H26FSi. The first-order chi connectivity index (χ1) is 13.6. The molecule has 0 nitrogen and oxygen atoms in total. The first-order valence-electron chi connectivity index (χ1n) is 10.3. The van der Waals surface area contributed by atoms with Crippen LogP contribution in [-0.2, 0) is 0 Å². The van der Waals surface area contributed by atoms with Gasteiger partial charge in [0.2, 0.25) is 0 Å². The van der Waals surface area contributed by atoms with Gasteiger partial charge in [-0.3, -0.25) is 0 Å². The summed E-state index contributed by atoms with van der Waals surface area (Å²) in [6.45, 7) is 2.04. The summed E-state index contributed by atoms with van der Waals surface area (Å²) < 4.78 is 14.8. The van der Waals surface area contributed by atoms with E-state index in [9.17, 15) is 4.39 Å². The number of hydrogen-bond donors (Lipinski definition) is 0. The van der Waals surface area contributed by atoms with Crippen molar-refractivity contribution in [3.05, 3.63) is 83.7 Å². The van der Waals surface area contributed by atoms with Crippen molar-refractivity contribution >= 4 is 10.2 Å². The van der Waals surface area contributed by atoms with Gasteiger partial charge in [0.15, 0.2) is 0 Å². The predicted molar refractivity (Wildman–Crippen MR) is 117 cm³/mol. The van der Waals surface area contributed by atoms with Crippen molar-refractivity contribution < 1.29 is 4.39 Å². The minimum atomic E-state index is -0.168. The number of benzene rings is 3. The van der Waals surface area contributed by atoms with Crippen LogP contribution in [0, 0.1) is 18.7 Å². The first-order valence-corrected chi connectivity index (χ1v) is 11.0. The maximum atomic E-state index is 14.8. The molecule has 0 unspecified atom stereocenters. The normalized spacial score (nSPS) is 19.5. The summed E-state index contributed by atoms with van der Waals surface area (Å²) in [6.07, 6.45) is 5.16. The molecule has 3 radical (unpaired) electrons. The summed E-state index contributed by atoms with van der Waals surface area (Å²) in [5.74, 6) is 1.34. The van der Waals surface area contributed by atoms with Crippen molar-refractivity contribution in [2.45, 2.75) is 44.6 Å². The molecule has 1 aliphatic carbocycles. The van der Waals surface area contributed by atoms with E-state index in [1.165, 1.54) is 36.8 Å². The molecule has 0 aromatic heterocycles. The van der Waals surface area contributed by atoms with Crippen molar-refractivity contribution in [1.82, 2.24) is 0 Å². The van der Waals surface area contributed by atoms with E-state index in [0.717, 1.165) is 28.7 Å². The third-order valence-electron chi connectivity index (χ3n) is 6.18. The van der Waals surface area contributed by atoms with Crippen LogP contribution < -0.4 is 0 Å². The molecule has 0 N–H and O–H groups in total. The molecule has 2 heteroatoms. The van der Waals surface area contributed by atoms with Crippen molar-refractivity contribution in [2.75, 3.05) is 0 Å². The Labute approximate surface area is 171 Å². The van der Waals surface area contributed by atoms with Gasteiger partial charge in [-0.2, -0.15) is 0 Å². The molecule has 0 amide bonds. The Balaban J connectivity index is 1.51. The third kappa shape index (κ3) is 4.12. The van der Waals surface area contributed by atoms with Crippen LogP contribution in [-0.4, -0.2) is 10.2 Å². The van der Waals surface area contributed by atoms with E-state index in [2.05, 4.69) is 34.5 Å². The molecule has 28 heavy (non-hydrogen) atoms. The molecule has 1 fully saturated rings. The van der Waals surface area contributed by atoms with E-state index in [-0.39, 0.29) is 5.82 Å². The maximum absolute atomic E-state index is 14.8. The van der Waals surface area contributed by atoms with Gasteiger partial charge in [0.25, 0.3) is 0 Å². The van der Waals surface area contributed by atoms with Gasteiger partial charge in [-0.25, -0.2) is 4.39 Å². The minimum Gasteiger partial charge on any atom is -0.206 e. The van der Waals surface area contributed by atoms with E-state index in [1.54, 1.807) is 6.07 Å². The molecular weight excluding hydrogens is 359 g/mol. The van der Waals surface area contributed by atoms with Crippen LogP contribution in [0.3, 0.4) is 0 Å². The first kappa shape index (κ1) is 19.1. The van der Waals surface area contributed by atoms with Gasteiger partial charge in [-0.1, -0.05) is 85.1 Å². The van der Waals surface area contributed by atoms with Crippen molar-refractivity contribution in [1.29, 1.82) is 0 Å². The van der Waals surface area contributed by atoms with Gasteiger partial charge in [0, 0.05) is 15.8 Å². The maximum Gasteiger partial charge on any atom is 0.131 e. The van der Waals surface area contributed by atoms with Crippen LogP contribution in [0.1, 0.15) is 42.7 Å². The minimum absolute atomic E-state index is 0.168. The van der Waals surface area contributed by atoms with Crippen LogP contribution in [0.15, 0.2) is 66.7 Å². The average molecular weight is 386 g/mol. The largest absolute Gasteiger partial charge is 0.206 e. The van der Waals surface area contributed by atoms with Crippen LogP contribution in [0.5, 0.6) is 0 Å². The highest BCUT2D eigenvalue weighted by atomic mass is 28.1. The van der Waals surface area contributed by atoms with Crippen LogP contribution in [0.25, 0.3) is 22.3 Å². The van der Waals surface area contributed by atoms with E-state index in [1.807, 2.05) is 43.3 Å². The van der Waals surface area contributed by atoms with Crippen molar-refractivity contribution in [2.24, 2.45) is 5.92 Å². The molecule has 0 saturated heterocycles. The lowest BCUT2D eigenvalue weighted by molar-refractivity contribution is 0.348. The zero-order valence-electron chi connectivity index (χ0n) is 16.4. The molecule has 0 aliphatic heterocycles. The molecule has 1 aliphatic rings. The molecule has 141 valence electrons. The Bertz CT molecular complexity index is 920. The Morgan fingerprint density at radius 2 is 1.39 bits per heavy atom. The zero-order valence-corrected chi connectivity index (χ0v) is 17.4. The van der Waals surface area contributed by atoms with Gasteiger partial charge >= 0.3 is 0 Å². The molecule has 3 aromatic carbocycles. The second kappa shape index (κ2) is 8.44. The Morgan fingerprint density at radius 3 is 2.00 bits per heavy atom. The van der Waals surface area contributed by atoms with E-state index < -0.39 is 0 Å². The summed E-state index contributed by atoms with van der Waals surface area (Å²) in [7, 11) is 3.67. The van der Waals surface area contributed by atoms with Gasteiger partial charge in [-0.15, -0.1) is 0 Å². The SMILES string of the molecule is Cc1ccc(-c2ccc(-c3ccc(C4CCC(C[Si])CC4)cc3)cc2F)cc1. The highest BCUT2D eigenvalue weighted by molar-refractivity contribution is 6.08. The Kier molecular flexibility index (Phi) is 5.77. The molecule has 1 saturated carbocycles. The zero-order chi connectivity index (χ0) is 19.5. The Morgan fingerprint density at radius 1 is 0.786 bits per heavy atom. The quantitative estimate of drug-likeness (QED) is 0.412. The lowest BCUT2D eigenvalue weighted by Crippen LogP contribution is -2.12. The Hall–Kier alpha value is -2.19. The third-order valence-corrected chi connectivity index (χ3v) is 6.76. The molecule has 0 bridgehead atoms. The fourth-order valence-corrected chi connectivity index (χ4v) is 4.72. The molecule has 3 aromatic rings. The average Bonchev–Trinajstić information content (AvgIpc) is 2.75. The summed E-state index contributed by atoms with van der Waals surface area (Å²) in [4.78, 5) is 0. The van der Waals surface area contributed by atoms with Crippen LogP contribution in [0.4, 0.5) is 4.39 Å². The summed E-state index contributed by atoms with van der Waals surface area (Å²) in [5, 5.41) is 0. The van der Waals surface area contributed by atoms with Gasteiger partial charge in [0.1, 0.15) is 5.82 Å². The van der Waals surface area contributed by atoms with E-state index >= 15 is 0 Å². The summed E-state index contributed by atoms with van der Waals surface area (Å²) in [5.41, 5.74) is 6.19. The molecule has 0 heterocycles. The topological polar surface area (TPSA) is 0 Å². The number of aryl methyl sites for hydroxylation is 1. The standard InChI is InChI=1S/C26H26FSi/c1-18-2-6-23(7-3-18)25-15-14-24(16-26(25)27)22-12-10-21(11-13-22)20-8-4-19(17-28)5-9-20/h2-3,6-7,10-16,19-20H,4-5,8-9,17H2,1H3. The van der Waals surface area contributed by atoms with Crippen molar-refractivity contribution in [3.8, 4) is 22.3 Å². The van der Waals surface area contributed by atoms with Gasteiger partial charge in [-0.05, 0) is 59.9 Å². The smallest absolute Gasteiger partial charge is 0.131 e. The lowest BCUT2D eigenvalue weighted by Gasteiger charge is -2.28. The number of hydrogen-bond acceptors (Lipinski definition) is 0. The lowest BCUT2D eigenvalue weighted by atomic mass is 9.79. The van der Waals surface area contributed by atoms with E-state index in [0.29, 0.717) is 11.5 Å². The predicted octanol–water partition coefficient (Wildman–Crippen LogP) is 7.33. The monoisotopic (exact) mass is 385 g/mol. The molecule has 0 atom stereocenters. The van der Waals surface area contributed by atoms with Crippen molar-refractivity contribution in [3.63, 3.8) is 0 Å². The van der Waals surface area contributed by atoms with E-state index in [4.69, 9.17) is 0 Å². The van der Waals surface area contributed by atoms with Gasteiger partial charge in [0.05, 0.1) is 0 Å². The summed E-state index contributed by atoms with van der Waals surface area (Å²) >= 11 is 0. The number of rotatable bonds is 4. The second-order valence-electron chi connectivity index (χ2n) is 8.10. The van der Waals surface area contributed by atoms with Gasteiger partial charge < -0.3 is 0 Å². The fourth-order valence-electron chi connectivity index (χ4n) is 4.31. The highest BCUT2D eigenvalue weighted by Crippen LogP contribution is 2.37. The second-order valence-corrected chi connectivity index (χ2v) is 8.51. The number of halogens is 1. The fraction of sp³-hybridized carbons (Fsp3) is 0.308. The molecule has 0 spiro atoms. The molecule has 4 rings (SSSR count). The van der Waals surface area contributed by atoms with Crippen LogP contribution in [0.2, 0.25) is 6.04 Å². The summed E-state index contributed by atoms with van der Waals surface area (Å²) in [6, 6.07) is 23.5. The van der Waals surface area contributed by atoms with Crippen LogP contribution >= 0.6 is 0 Å². The highest BCUT2D eigenvalue weighted by Gasteiger charge is 2.21.